The maximum Gasteiger partial charge on any atom is 0.336 e. The average Bonchev–Trinajstić information content (AvgIpc) is 2.45. The van der Waals surface area contributed by atoms with E-state index in [9.17, 15) is 9.90 Å². The highest BCUT2D eigenvalue weighted by atomic mass is 35.5. The fourth-order valence-electron chi connectivity index (χ4n) is 1.79. The Hall–Kier alpha value is -1.71. The van der Waals surface area contributed by atoms with E-state index in [0.29, 0.717) is 10.6 Å². The van der Waals surface area contributed by atoms with Crippen LogP contribution >= 0.6 is 23.4 Å². The van der Waals surface area contributed by atoms with Crippen molar-refractivity contribution in [1.82, 2.24) is 0 Å². The molecule has 0 aliphatic rings. The van der Waals surface area contributed by atoms with Crippen LogP contribution in [0.5, 0.6) is 0 Å². The van der Waals surface area contributed by atoms with E-state index in [1.54, 1.807) is 42.1 Å². The molecule has 0 atom stereocenters. The van der Waals surface area contributed by atoms with Gasteiger partial charge in [-0.25, -0.2) is 4.79 Å². The van der Waals surface area contributed by atoms with Gasteiger partial charge in [0.25, 0.3) is 0 Å². The lowest BCUT2D eigenvalue weighted by atomic mass is 10.0. The molecule has 2 aromatic rings. The molecule has 0 heterocycles. The van der Waals surface area contributed by atoms with E-state index in [1.165, 1.54) is 0 Å². The molecular formula is C16H13ClO2S. The van der Waals surface area contributed by atoms with Crippen molar-refractivity contribution < 1.29 is 9.90 Å². The first kappa shape index (κ1) is 14.7. The summed E-state index contributed by atoms with van der Waals surface area (Å²) in [5.74, 6) is -0.971. The standard InChI is InChI=1S/C16H13ClO2S/c1-20-14-7-5-11(6-8-14)9-15(16(18)19)12-3-2-4-13(17)10-12/h2-10H,1H3,(H,18,19)/b15-9+. The zero-order chi connectivity index (χ0) is 14.5. The normalized spacial score (nSPS) is 11.4. The van der Waals surface area contributed by atoms with Gasteiger partial charge < -0.3 is 5.11 Å². The molecule has 0 saturated heterocycles. The van der Waals surface area contributed by atoms with Gasteiger partial charge in [0.05, 0.1) is 5.57 Å². The summed E-state index contributed by atoms with van der Waals surface area (Å²) in [6.45, 7) is 0. The minimum atomic E-state index is -0.971. The van der Waals surface area contributed by atoms with Crippen LogP contribution in [0.2, 0.25) is 5.02 Å². The SMILES string of the molecule is CSc1ccc(/C=C(/C(=O)O)c2cccc(Cl)c2)cc1. The molecule has 0 amide bonds. The van der Waals surface area contributed by atoms with E-state index >= 15 is 0 Å². The third kappa shape index (κ3) is 3.65. The summed E-state index contributed by atoms with van der Waals surface area (Å²) in [5, 5.41) is 9.88. The van der Waals surface area contributed by atoms with Crippen molar-refractivity contribution in [1.29, 1.82) is 0 Å². The van der Waals surface area contributed by atoms with Crippen LogP contribution in [0.3, 0.4) is 0 Å². The Bertz CT molecular complexity index is 648. The Morgan fingerprint density at radius 1 is 1.20 bits per heavy atom. The van der Waals surface area contributed by atoms with Crippen LogP contribution in [0, 0.1) is 0 Å². The van der Waals surface area contributed by atoms with E-state index in [4.69, 9.17) is 11.6 Å². The summed E-state index contributed by atoms with van der Waals surface area (Å²) < 4.78 is 0. The lowest BCUT2D eigenvalue weighted by Crippen LogP contribution is -1.99. The van der Waals surface area contributed by atoms with Crippen molar-refractivity contribution in [3.63, 3.8) is 0 Å². The minimum Gasteiger partial charge on any atom is -0.478 e. The highest BCUT2D eigenvalue weighted by Gasteiger charge is 2.10. The number of carboxylic acids is 1. The molecule has 1 N–H and O–H groups in total. The third-order valence-electron chi connectivity index (χ3n) is 2.79. The maximum atomic E-state index is 11.4. The largest absolute Gasteiger partial charge is 0.478 e. The first-order valence-corrected chi connectivity index (χ1v) is 7.55. The zero-order valence-electron chi connectivity index (χ0n) is 10.8. The van der Waals surface area contributed by atoms with Crippen LogP contribution in [-0.2, 0) is 4.79 Å². The van der Waals surface area contributed by atoms with Crippen molar-refractivity contribution in [3.05, 3.63) is 64.7 Å². The molecule has 4 heteroatoms. The van der Waals surface area contributed by atoms with Crippen LogP contribution in [0.1, 0.15) is 11.1 Å². The maximum absolute atomic E-state index is 11.4. The molecule has 102 valence electrons. The topological polar surface area (TPSA) is 37.3 Å². The smallest absolute Gasteiger partial charge is 0.336 e. The van der Waals surface area contributed by atoms with Crippen molar-refractivity contribution in [3.8, 4) is 0 Å². The molecule has 0 spiro atoms. The van der Waals surface area contributed by atoms with E-state index < -0.39 is 5.97 Å². The summed E-state index contributed by atoms with van der Waals surface area (Å²) in [4.78, 5) is 12.6. The fourth-order valence-corrected chi connectivity index (χ4v) is 2.39. The fraction of sp³-hybridized carbons (Fsp3) is 0.0625. The predicted molar refractivity (Wildman–Crippen MR) is 85.2 cm³/mol. The quantitative estimate of drug-likeness (QED) is 0.506. The van der Waals surface area contributed by atoms with Gasteiger partial charge in [-0.15, -0.1) is 11.8 Å². The molecule has 2 aromatic carbocycles. The summed E-state index contributed by atoms with van der Waals surface area (Å²) in [6, 6.07) is 14.6. The number of thioether (sulfide) groups is 1. The monoisotopic (exact) mass is 304 g/mol. The van der Waals surface area contributed by atoms with Gasteiger partial charge in [0.2, 0.25) is 0 Å². The lowest BCUT2D eigenvalue weighted by molar-refractivity contribution is -0.130. The Morgan fingerprint density at radius 2 is 1.90 bits per heavy atom. The number of carbonyl (C=O) groups is 1. The number of carboxylic acid groups (broad SMARTS) is 1. The van der Waals surface area contributed by atoms with Crippen molar-refractivity contribution in [2.24, 2.45) is 0 Å². The second-order valence-electron chi connectivity index (χ2n) is 4.15. The number of hydrogen-bond donors (Lipinski definition) is 1. The highest BCUT2D eigenvalue weighted by Crippen LogP contribution is 2.23. The second kappa shape index (κ2) is 6.64. The molecule has 0 aromatic heterocycles. The summed E-state index contributed by atoms with van der Waals surface area (Å²) in [5.41, 5.74) is 1.67. The molecule has 2 nitrogen and oxygen atoms in total. The van der Waals surface area contributed by atoms with Crippen LogP contribution in [0.15, 0.2) is 53.4 Å². The zero-order valence-corrected chi connectivity index (χ0v) is 12.4. The van der Waals surface area contributed by atoms with Gasteiger partial charge in [0.1, 0.15) is 0 Å². The van der Waals surface area contributed by atoms with E-state index in [1.807, 2.05) is 30.5 Å². The first-order chi connectivity index (χ1) is 9.60. The minimum absolute atomic E-state index is 0.226. The Balaban J connectivity index is 2.42. The molecule has 0 saturated carbocycles. The average molecular weight is 305 g/mol. The van der Waals surface area contributed by atoms with E-state index in [-0.39, 0.29) is 5.57 Å². The molecule has 0 fully saturated rings. The number of benzene rings is 2. The van der Waals surface area contributed by atoms with Crippen molar-refractivity contribution in [2.45, 2.75) is 4.90 Å². The van der Waals surface area contributed by atoms with Gasteiger partial charge in [0, 0.05) is 9.92 Å². The van der Waals surface area contributed by atoms with Crippen LogP contribution in [0.4, 0.5) is 0 Å². The number of rotatable bonds is 4. The third-order valence-corrected chi connectivity index (χ3v) is 3.77. The molecule has 2 rings (SSSR count). The molecule has 0 aliphatic heterocycles. The van der Waals surface area contributed by atoms with Crippen LogP contribution in [0.25, 0.3) is 11.6 Å². The van der Waals surface area contributed by atoms with E-state index in [0.717, 1.165) is 10.5 Å². The molecule has 0 bridgehead atoms. The van der Waals surface area contributed by atoms with Gasteiger partial charge in [-0.1, -0.05) is 35.9 Å². The number of halogens is 1. The second-order valence-corrected chi connectivity index (χ2v) is 5.46. The van der Waals surface area contributed by atoms with Gasteiger partial charge >= 0.3 is 5.97 Å². The van der Waals surface area contributed by atoms with Crippen LogP contribution < -0.4 is 0 Å². The first-order valence-electron chi connectivity index (χ1n) is 5.95. The van der Waals surface area contributed by atoms with Crippen molar-refractivity contribution >= 4 is 41.0 Å². The van der Waals surface area contributed by atoms with Gasteiger partial charge in [-0.2, -0.15) is 0 Å². The van der Waals surface area contributed by atoms with Gasteiger partial charge in [0.15, 0.2) is 0 Å². The highest BCUT2D eigenvalue weighted by molar-refractivity contribution is 7.98. The summed E-state index contributed by atoms with van der Waals surface area (Å²) in [6.07, 6.45) is 3.65. The Labute approximate surface area is 127 Å². The Morgan fingerprint density at radius 3 is 2.45 bits per heavy atom. The van der Waals surface area contributed by atoms with Crippen molar-refractivity contribution in [2.75, 3.05) is 6.26 Å². The van der Waals surface area contributed by atoms with Gasteiger partial charge in [-0.3, -0.25) is 0 Å². The van der Waals surface area contributed by atoms with Gasteiger partial charge in [-0.05, 0) is 47.7 Å². The number of aliphatic carboxylic acids is 1. The molecule has 20 heavy (non-hydrogen) atoms. The summed E-state index contributed by atoms with van der Waals surface area (Å²) in [7, 11) is 0. The summed E-state index contributed by atoms with van der Waals surface area (Å²) >= 11 is 7.56. The molecule has 0 radical (unpaired) electrons. The van der Waals surface area contributed by atoms with Crippen LogP contribution in [-0.4, -0.2) is 17.3 Å². The Kier molecular flexibility index (Phi) is 4.88. The lowest BCUT2D eigenvalue weighted by Gasteiger charge is -2.04. The molecule has 0 aliphatic carbocycles. The molecular weight excluding hydrogens is 292 g/mol. The van der Waals surface area contributed by atoms with E-state index in [2.05, 4.69) is 0 Å². The molecule has 0 unspecified atom stereocenters. The predicted octanol–water partition coefficient (Wildman–Crippen LogP) is 4.69. The number of hydrogen-bond acceptors (Lipinski definition) is 2.